The molecule has 0 fully saturated rings. The van der Waals surface area contributed by atoms with Crippen LogP contribution in [0.2, 0.25) is 0 Å². The van der Waals surface area contributed by atoms with E-state index in [1.807, 2.05) is 6.92 Å². The summed E-state index contributed by atoms with van der Waals surface area (Å²) in [6, 6.07) is 0.452. The van der Waals surface area contributed by atoms with Gasteiger partial charge in [0.2, 0.25) is 0 Å². The molecule has 1 aromatic heterocycles. The minimum Gasteiger partial charge on any atom is -0.383 e. The Balaban J connectivity index is 3.04. The fourth-order valence-corrected chi connectivity index (χ4v) is 2.12. The number of aromatic nitrogens is 2. The molecule has 0 unspecified atom stereocenters. The third kappa shape index (κ3) is 3.32. The van der Waals surface area contributed by atoms with Crippen molar-refractivity contribution >= 4 is 11.6 Å². The third-order valence-corrected chi connectivity index (χ3v) is 3.29. The van der Waals surface area contributed by atoms with Gasteiger partial charge >= 0.3 is 0 Å². The van der Waals surface area contributed by atoms with E-state index in [1.165, 1.54) is 6.33 Å². The Bertz CT molecular complexity index is 366. The number of hydrogen-bond donors (Lipinski definition) is 1. The molecule has 5 nitrogen and oxygen atoms in total. The first-order chi connectivity index (χ1) is 8.65. The standard InChI is InChI=1S/C13H24N4O/c1-5-11(6-2)17(7-8-18-4)13-10(3)12(14)15-9-16-13/h9,11H,5-8H2,1-4H3,(H2,14,15,16). The molecule has 0 saturated heterocycles. The van der Waals surface area contributed by atoms with E-state index < -0.39 is 0 Å². The van der Waals surface area contributed by atoms with Gasteiger partial charge < -0.3 is 15.4 Å². The lowest BCUT2D eigenvalue weighted by Gasteiger charge is -2.32. The number of anilines is 2. The summed E-state index contributed by atoms with van der Waals surface area (Å²) in [5.41, 5.74) is 6.81. The lowest BCUT2D eigenvalue weighted by atomic mass is 10.1. The molecule has 0 aliphatic carbocycles. The van der Waals surface area contributed by atoms with Gasteiger partial charge in [-0.25, -0.2) is 9.97 Å². The van der Waals surface area contributed by atoms with Gasteiger partial charge in [-0.15, -0.1) is 0 Å². The first kappa shape index (κ1) is 14.7. The Morgan fingerprint density at radius 2 is 2.00 bits per heavy atom. The Labute approximate surface area is 109 Å². The molecule has 1 rings (SSSR count). The Morgan fingerprint density at radius 3 is 2.56 bits per heavy atom. The van der Waals surface area contributed by atoms with Crippen molar-refractivity contribution in [3.8, 4) is 0 Å². The van der Waals surface area contributed by atoms with Crippen molar-refractivity contribution in [3.05, 3.63) is 11.9 Å². The van der Waals surface area contributed by atoms with Crippen molar-refractivity contribution < 1.29 is 4.74 Å². The maximum absolute atomic E-state index is 5.86. The zero-order valence-corrected chi connectivity index (χ0v) is 11.8. The van der Waals surface area contributed by atoms with Crippen LogP contribution in [0.3, 0.4) is 0 Å². The van der Waals surface area contributed by atoms with Gasteiger partial charge in [-0.2, -0.15) is 0 Å². The number of nitrogen functional groups attached to an aromatic ring is 1. The van der Waals surface area contributed by atoms with Gasteiger partial charge in [0.15, 0.2) is 0 Å². The summed E-state index contributed by atoms with van der Waals surface area (Å²) >= 11 is 0. The van der Waals surface area contributed by atoms with Gasteiger partial charge in [-0.1, -0.05) is 13.8 Å². The summed E-state index contributed by atoms with van der Waals surface area (Å²) in [7, 11) is 1.71. The van der Waals surface area contributed by atoms with Crippen molar-refractivity contribution in [3.63, 3.8) is 0 Å². The first-order valence-corrected chi connectivity index (χ1v) is 6.48. The zero-order valence-electron chi connectivity index (χ0n) is 11.8. The van der Waals surface area contributed by atoms with E-state index in [0.29, 0.717) is 18.5 Å². The minimum absolute atomic E-state index is 0.452. The van der Waals surface area contributed by atoms with Crippen LogP contribution in [-0.4, -0.2) is 36.3 Å². The van der Waals surface area contributed by atoms with Gasteiger partial charge in [-0.3, -0.25) is 0 Å². The van der Waals surface area contributed by atoms with Crippen molar-refractivity contribution in [2.45, 2.75) is 39.7 Å². The highest BCUT2D eigenvalue weighted by molar-refractivity contribution is 5.56. The molecule has 0 amide bonds. The summed E-state index contributed by atoms with van der Waals surface area (Å²) in [5.74, 6) is 1.47. The summed E-state index contributed by atoms with van der Waals surface area (Å²) in [6.45, 7) is 7.84. The average molecular weight is 252 g/mol. The molecule has 0 radical (unpaired) electrons. The SMILES string of the molecule is CCC(CC)N(CCOC)c1ncnc(N)c1C. The summed E-state index contributed by atoms with van der Waals surface area (Å²) in [4.78, 5) is 10.7. The third-order valence-electron chi connectivity index (χ3n) is 3.29. The zero-order chi connectivity index (χ0) is 13.5. The van der Waals surface area contributed by atoms with E-state index in [4.69, 9.17) is 10.5 Å². The second kappa shape index (κ2) is 7.16. The van der Waals surface area contributed by atoms with Crippen LogP contribution in [0.1, 0.15) is 32.3 Å². The molecule has 1 heterocycles. The van der Waals surface area contributed by atoms with Crippen LogP contribution in [0.15, 0.2) is 6.33 Å². The van der Waals surface area contributed by atoms with Crippen LogP contribution in [0.5, 0.6) is 0 Å². The van der Waals surface area contributed by atoms with E-state index in [1.54, 1.807) is 7.11 Å². The van der Waals surface area contributed by atoms with Crippen LogP contribution < -0.4 is 10.6 Å². The van der Waals surface area contributed by atoms with E-state index in [2.05, 4.69) is 28.7 Å². The number of hydrogen-bond acceptors (Lipinski definition) is 5. The van der Waals surface area contributed by atoms with Gasteiger partial charge in [0, 0.05) is 25.3 Å². The molecule has 0 bridgehead atoms. The highest BCUT2D eigenvalue weighted by atomic mass is 16.5. The normalized spacial score (nSPS) is 10.9. The number of nitrogens with zero attached hydrogens (tertiary/aromatic N) is 3. The summed E-state index contributed by atoms with van der Waals surface area (Å²) in [6.07, 6.45) is 3.67. The van der Waals surface area contributed by atoms with E-state index in [-0.39, 0.29) is 0 Å². The number of rotatable bonds is 7. The number of methoxy groups -OCH3 is 1. The monoisotopic (exact) mass is 252 g/mol. The fourth-order valence-electron chi connectivity index (χ4n) is 2.12. The molecule has 1 aromatic rings. The molecule has 5 heteroatoms. The number of ether oxygens (including phenoxy) is 1. The van der Waals surface area contributed by atoms with Crippen LogP contribution in [0.25, 0.3) is 0 Å². The van der Waals surface area contributed by atoms with E-state index in [9.17, 15) is 0 Å². The maximum Gasteiger partial charge on any atom is 0.137 e. The molecule has 102 valence electrons. The fraction of sp³-hybridized carbons (Fsp3) is 0.692. The molecule has 0 spiro atoms. The molecule has 0 aliphatic heterocycles. The second-order valence-electron chi connectivity index (χ2n) is 4.36. The van der Waals surface area contributed by atoms with Crippen LogP contribution in [0, 0.1) is 6.92 Å². The van der Waals surface area contributed by atoms with E-state index in [0.717, 1.165) is 30.8 Å². The summed E-state index contributed by atoms with van der Waals surface area (Å²) < 4.78 is 5.19. The first-order valence-electron chi connectivity index (χ1n) is 6.48. The number of nitrogens with two attached hydrogens (primary N) is 1. The molecule has 0 saturated carbocycles. The topological polar surface area (TPSA) is 64.3 Å². The summed E-state index contributed by atoms with van der Waals surface area (Å²) in [5, 5.41) is 0. The van der Waals surface area contributed by atoms with Crippen molar-refractivity contribution in [2.24, 2.45) is 0 Å². The molecule has 18 heavy (non-hydrogen) atoms. The minimum atomic E-state index is 0.452. The van der Waals surface area contributed by atoms with Gasteiger partial charge in [0.25, 0.3) is 0 Å². The van der Waals surface area contributed by atoms with Gasteiger partial charge in [0.05, 0.1) is 6.61 Å². The van der Waals surface area contributed by atoms with Crippen molar-refractivity contribution in [1.82, 2.24) is 9.97 Å². The molecule has 0 atom stereocenters. The Morgan fingerprint density at radius 1 is 1.33 bits per heavy atom. The second-order valence-corrected chi connectivity index (χ2v) is 4.36. The molecule has 0 aliphatic rings. The molecule has 2 N–H and O–H groups in total. The Hall–Kier alpha value is -1.36. The van der Waals surface area contributed by atoms with Gasteiger partial charge in [0.1, 0.15) is 18.0 Å². The molecular formula is C13H24N4O. The highest BCUT2D eigenvalue weighted by Crippen LogP contribution is 2.24. The molecular weight excluding hydrogens is 228 g/mol. The van der Waals surface area contributed by atoms with Crippen LogP contribution in [-0.2, 0) is 4.74 Å². The van der Waals surface area contributed by atoms with Gasteiger partial charge in [-0.05, 0) is 19.8 Å². The molecule has 0 aromatic carbocycles. The predicted molar refractivity (Wildman–Crippen MR) is 74.8 cm³/mol. The Kier molecular flexibility index (Phi) is 5.85. The predicted octanol–water partition coefficient (Wildman–Crippen LogP) is 2.01. The maximum atomic E-state index is 5.86. The lowest BCUT2D eigenvalue weighted by molar-refractivity contribution is 0.202. The quantitative estimate of drug-likeness (QED) is 0.804. The average Bonchev–Trinajstić information content (AvgIpc) is 2.38. The smallest absolute Gasteiger partial charge is 0.137 e. The largest absolute Gasteiger partial charge is 0.383 e. The van der Waals surface area contributed by atoms with Crippen molar-refractivity contribution in [2.75, 3.05) is 30.9 Å². The van der Waals surface area contributed by atoms with Crippen LogP contribution in [0.4, 0.5) is 11.6 Å². The van der Waals surface area contributed by atoms with Crippen LogP contribution >= 0.6 is 0 Å². The van der Waals surface area contributed by atoms with E-state index >= 15 is 0 Å². The lowest BCUT2D eigenvalue weighted by Crippen LogP contribution is -2.38. The highest BCUT2D eigenvalue weighted by Gasteiger charge is 2.19. The van der Waals surface area contributed by atoms with Crippen molar-refractivity contribution in [1.29, 1.82) is 0 Å².